The van der Waals surface area contributed by atoms with Crippen molar-refractivity contribution in [1.29, 1.82) is 0 Å². The van der Waals surface area contributed by atoms with Gasteiger partial charge >= 0.3 is 107 Å². The van der Waals surface area contributed by atoms with E-state index in [2.05, 4.69) is 25.8 Å². The molecule has 0 atom stereocenters. The summed E-state index contributed by atoms with van der Waals surface area (Å²) in [5.41, 5.74) is 1.79. The van der Waals surface area contributed by atoms with Crippen molar-refractivity contribution < 1.29 is 0 Å². The Balaban J connectivity index is 2.16. The summed E-state index contributed by atoms with van der Waals surface area (Å²) in [7, 11) is 0. The fourth-order valence-corrected chi connectivity index (χ4v) is 8.65. The van der Waals surface area contributed by atoms with Crippen LogP contribution >= 0.6 is 0 Å². The molecule has 0 aliphatic carbocycles. The molecule has 2 saturated heterocycles. The number of hydrogen-bond donors (Lipinski definition) is 0. The van der Waals surface area contributed by atoms with Crippen LogP contribution in [0.1, 0.15) is 45.4 Å². The molecule has 0 aromatic rings. The molecule has 0 saturated carbocycles. The van der Waals surface area contributed by atoms with Gasteiger partial charge in [-0.05, 0) is 0 Å². The molecule has 16 heavy (non-hydrogen) atoms. The van der Waals surface area contributed by atoms with Crippen molar-refractivity contribution in [3.63, 3.8) is 0 Å². The molecule has 0 nitrogen and oxygen atoms in total. The van der Waals surface area contributed by atoms with E-state index in [9.17, 15) is 0 Å². The molecule has 2 heterocycles. The average molecular weight is 325 g/mol. The van der Waals surface area contributed by atoms with Crippen molar-refractivity contribution in [3.8, 4) is 0 Å². The molecular formula is C14H27BSn. The van der Waals surface area contributed by atoms with E-state index in [1.807, 2.05) is 0 Å². The van der Waals surface area contributed by atoms with Crippen LogP contribution < -0.4 is 0 Å². The van der Waals surface area contributed by atoms with Gasteiger partial charge in [-0.2, -0.15) is 0 Å². The molecule has 0 unspecified atom stereocenters. The van der Waals surface area contributed by atoms with Gasteiger partial charge < -0.3 is 0 Å². The predicted octanol–water partition coefficient (Wildman–Crippen LogP) is 4.95. The SMILES string of the molecule is C/C(=[CH]/[Sn]([CH3])([CH3])[CH3])B1C2CCCC1CCC2. The summed E-state index contributed by atoms with van der Waals surface area (Å²) in [5, 5.41) is 0. The first-order valence-corrected chi connectivity index (χ1v) is 17.4. The number of hydrogen-bond acceptors (Lipinski definition) is 0. The molecule has 90 valence electrons. The van der Waals surface area contributed by atoms with Gasteiger partial charge in [0.25, 0.3) is 0 Å². The molecule has 2 rings (SSSR count). The molecule has 0 aromatic carbocycles. The summed E-state index contributed by atoms with van der Waals surface area (Å²) in [6.07, 6.45) is 9.10. The van der Waals surface area contributed by atoms with E-state index < -0.39 is 18.4 Å². The summed E-state index contributed by atoms with van der Waals surface area (Å²) >= 11 is -1.72. The van der Waals surface area contributed by atoms with E-state index in [0.29, 0.717) is 0 Å². The molecule has 2 fully saturated rings. The van der Waals surface area contributed by atoms with Crippen LogP contribution in [0.15, 0.2) is 9.56 Å². The predicted molar refractivity (Wildman–Crippen MR) is 78.1 cm³/mol. The second kappa shape index (κ2) is 5.08. The normalized spacial score (nSPS) is 31.8. The third-order valence-corrected chi connectivity index (χ3v) is 8.27. The van der Waals surface area contributed by atoms with Crippen LogP contribution in [0.4, 0.5) is 0 Å². The Labute approximate surface area is 106 Å². The van der Waals surface area contributed by atoms with Gasteiger partial charge in [-0.15, -0.1) is 0 Å². The van der Waals surface area contributed by atoms with Gasteiger partial charge in [0.15, 0.2) is 0 Å². The van der Waals surface area contributed by atoms with E-state index in [4.69, 9.17) is 0 Å². The summed E-state index contributed by atoms with van der Waals surface area (Å²) in [5.74, 6) is 2.11. The third kappa shape index (κ3) is 3.08. The first-order valence-electron chi connectivity index (χ1n) is 7.17. The van der Waals surface area contributed by atoms with Crippen LogP contribution in [0, 0.1) is 0 Å². The standard InChI is InChI=1S/C11H18B.3CH3.Sn/c1-9(2)12-10-5-3-6-11(12)8-4-7-10;;;;/h1,10-11H,3-8H2,2H3;3*1H3;. The van der Waals surface area contributed by atoms with Gasteiger partial charge in [-0.25, -0.2) is 0 Å². The van der Waals surface area contributed by atoms with Crippen molar-refractivity contribution in [1.82, 2.24) is 0 Å². The Morgan fingerprint density at radius 3 is 1.81 bits per heavy atom. The van der Waals surface area contributed by atoms with Crippen molar-refractivity contribution >= 4 is 25.1 Å². The van der Waals surface area contributed by atoms with E-state index in [-0.39, 0.29) is 0 Å². The van der Waals surface area contributed by atoms with Crippen molar-refractivity contribution in [2.75, 3.05) is 0 Å². The first kappa shape index (κ1) is 13.0. The van der Waals surface area contributed by atoms with Crippen molar-refractivity contribution in [2.24, 2.45) is 0 Å². The monoisotopic (exact) mass is 326 g/mol. The molecule has 0 aromatic heterocycles. The van der Waals surface area contributed by atoms with Gasteiger partial charge in [0.05, 0.1) is 0 Å². The Morgan fingerprint density at radius 2 is 1.44 bits per heavy atom. The zero-order chi connectivity index (χ0) is 11.8. The van der Waals surface area contributed by atoms with Crippen LogP contribution in [-0.4, -0.2) is 25.1 Å². The summed E-state index contributed by atoms with van der Waals surface area (Å²) < 4.78 is 2.75. The van der Waals surface area contributed by atoms with Gasteiger partial charge in [0.2, 0.25) is 0 Å². The summed E-state index contributed by atoms with van der Waals surface area (Å²) in [6.45, 7) is 3.43. The van der Waals surface area contributed by atoms with Crippen LogP contribution in [0.2, 0.25) is 26.5 Å². The minimum atomic E-state index is -1.72. The summed E-state index contributed by atoms with van der Waals surface area (Å²) in [6, 6.07) is 0. The van der Waals surface area contributed by atoms with Crippen LogP contribution in [0.25, 0.3) is 0 Å². The number of rotatable bonds is 2. The third-order valence-electron chi connectivity index (χ3n) is 4.50. The van der Waals surface area contributed by atoms with Gasteiger partial charge in [-0.3, -0.25) is 0 Å². The number of allylic oxidation sites excluding steroid dienone is 1. The van der Waals surface area contributed by atoms with E-state index in [1.165, 1.54) is 38.5 Å². The van der Waals surface area contributed by atoms with Gasteiger partial charge in [0, 0.05) is 0 Å². The molecule has 0 radical (unpaired) electrons. The molecule has 2 aliphatic heterocycles. The van der Waals surface area contributed by atoms with Crippen LogP contribution in [0.3, 0.4) is 0 Å². The quantitative estimate of drug-likeness (QED) is 0.630. The fraction of sp³-hybridized carbons (Fsp3) is 0.857. The molecule has 0 N–H and O–H groups in total. The molecule has 2 aliphatic rings. The maximum absolute atomic E-state index is 2.75. The molecule has 0 spiro atoms. The van der Waals surface area contributed by atoms with Crippen molar-refractivity contribution in [2.45, 2.75) is 71.9 Å². The van der Waals surface area contributed by atoms with E-state index >= 15 is 0 Å². The molecular weight excluding hydrogens is 298 g/mol. The molecule has 2 bridgehead atoms. The maximum atomic E-state index is 2.75. The average Bonchev–Trinajstić information content (AvgIpc) is 2.13. The summed E-state index contributed by atoms with van der Waals surface area (Å²) in [4.78, 5) is 7.62. The second-order valence-corrected chi connectivity index (χ2v) is 21.5. The Bertz CT molecular complexity index is 255. The first-order chi connectivity index (χ1) is 7.47. The van der Waals surface area contributed by atoms with Crippen LogP contribution in [-0.2, 0) is 0 Å². The Morgan fingerprint density at radius 1 is 1.00 bits per heavy atom. The number of fused-ring (bicyclic) bond motifs is 2. The zero-order valence-corrected chi connectivity index (χ0v) is 14.4. The minimum absolute atomic E-state index is 0.985. The van der Waals surface area contributed by atoms with E-state index in [1.54, 1.807) is 5.47 Å². The molecule has 2 heteroatoms. The van der Waals surface area contributed by atoms with Crippen LogP contribution in [0.5, 0.6) is 0 Å². The Hall–Kier alpha value is 0.604. The van der Waals surface area contributed by atoms with Gasteiger partial charge in [0.1, 0.15) is 0 Å². The van der Waals surface area contributed by atoms with Gasteiger partial charge in [-0.1, -0.05) is 0 Å². The zero-order valence-electron chi connectivity index (χ0n) is 11.6. The Kier molecular flexibility index (Phi) is 4.14. The second-order valence-electron chi connectivity index (χ2n) is 7.16. The molecule has 0 amide bonds. The van der Waals surface area contributed by atoms with Crippen molar-refractivity contribution in [3.05, 3.63) is 9.56 Å². The topological polar surface area (TPSA) is 0 Å². The van der Waals surface area contributed by atoms with E-state index in [0.717, 1.165) is 18.3 Å². The fourth-order valence-electron chi connectivity index (χ4n) is 4.20.